The van der Waals surface area contributed by atoms with E-state index in [9.17, 15) is 4.79 Å². The van der Waals surface area contributed by atoms with E-state index in [1.54, 1.807) is 13.2 Å². The molecule has 3 aromatic rings. The predicted molar refractivity (Wildman–Crippen MR) is 110 cm³/mol. The summed E-state index contributed by atoms with van der Waals surface area (Å²) >= 11 is 0. The monoisotopic (exact) mass is 390 g/mol. The molecule has 6 nitrogen and oxygen atoms in total. The Kier molecular flexibility index (Phi) is 4.38. The third kappa shape index (κ3) is 3.01. The van der Waals surface area contributed by atoms with Gasteiger partial charge in [0.05, 0.1) is 17.7 Å². The predicted octanol–water partition coefficient (Wildman–Crippen LogP) is 3.59. The number of allylic oxidation sites excluding steroid dienone is 1. The number of methoxy groups -OCH3 is 1. The van der Waals surface area contributed by atoms with E-state index >= 15 is 0 Å². The average Bonchev–Trinajstić information content (AvgIpc) is 3.24. The van der Waals surface area contributed by atoms with Gasteiger partial charge in [0.2, 0.25) is 5.78 Å². The van der Waals surface area contributed by atoms with Crippen molar-refractivity contribution in [1.82, 2.24) is 9.47 Å². The van der Waals surface area contributed by atoms with Crippen LogP contribution in [0, 0.1) is 0 Å². The van der Waals surface area contributed by atoms with Crippen LogP contribution in [0.1, 0.15) is 21.5 Å². The highest BCUT2D eigenvalue weighted by atomic mass is 16.5. The second kappa shape index (κ2) is 7.06. The first kappa shape index (κ1) is 18.0. The van der Waals surface area contributed by atoms with E-state index in [1.165, 1.54) is 0 Å². The average molecular weight is 390 g/mol. The first-order valence-electron chi connectivity index (χ1n) is 9.64. The molecule has 5 rings (SSSR count). The van der Waals surface area contributed by atoms with Gasteiger partial charge in [-0.1, -0.05) is 18.2 Å². The van der Waals surface area contributed by atoms with Crippen molar-refractivity contribution in [3.05, 3.63) is 65.0 Å². The largest absolute Gasteiger partial charge is 0.478 e. The Bertz CT molecular complexity index is 1150. The highest BCUT2D eigenvalue weighted by Crippen LogP contribution is 2.42. The first-order valence-corrected chi connectivity index (χ1v) is 9.64. The summed E-state index contributed by atoms with van der Waals surface area (Å²) in [6, 6.07) is 11.8. The van der Waals surface area contributed by atoms with Gasteiger partial charge < -0.3 is 18.8 Å². The molecule has 148 valence electrons. The van der Waals surface area contributed by atoms with Gasteiger partial charge in [0.1, 0.15) is 18.2 Å². The van der Waals surface area contributed by atoms with Gasteiger partial charge >= 0.3 is 0 Å². The number of hydrogen-bond acceptors (Lipinski definition) is 5. The molecule has 2 aliphatic heterocycles. The number of aromatic nitrogens is 1. The summed E-state index contributed by atoms with van der Waals surface area (Å²) in [6.07, 6.45) is 3.85. The Labute approximate surface area is 168 Å². The molecular weight excluding hydrogens is 368 g/mol. The Balaban J connectivity index is 1.51. The Morgan fingerprint density at radius 1 is 1.21 bits per heavy atom. The van der Waals surface area contributed by atoms with Crippen LogP contribution in [0.15, 0.2) is 48.4 Å². The number of nitrogens with zero attached hydrogens (tertiary/aromatic N) is 2. The second-order valence-corrected chi connectivity index (χ2v) is 7.39. The molecule has 3 heterocycles. The molecule has 6 heteroatoms. The zero-order valence-electron chi connectivity index (χ0n) is 16.5. The number of benzene rings is 2. The van der Waals surface area contributed by atoms with Crippen LogP contribution in [0.25, 0.3) is 17.0 Å². The molecule has 0 amide bonds. The minimum absolute atomic E-state index is 0.0928. The van der Waals surface area contributed by atoms with E-state index in [1.807, 2.05) is 37.5 Å². The lowest BCUT2D eigenvalue weighted by molar-refractivity contribution is 0.0646. The zero-order chi connectivity index (χ0) is 20.0. The van der Waals surface area contributed by atoms with E-state index < -0.39 is 0 Å². The molecule has 2 aliphatic rings. The molecule has 2 aromatic carbocycles. The van der Waals surface area contributed by atoms with E-state index in [0.717, 1.165) is 34.3 Å². The van der Waals surface area contributed by atoms with Crippen LogP contribution in [0.2, 0.25) is 0 Å². The number of carbonyl (C=O) groups is 1. The maximum absolute atomic E-state index is 13.0. The van der Waals surface area contributed by atoms with Crippen LogP contribution in [0.3, 0.4) is 0 Å². The highest BCUT2D eigenvalue weighted by molar-refractivity contribution is 6.15. The molecule has 0 atom stereocenters. The van der Waals surface area contributed by atoms with Crippen LogP contribution in [-0.4, -0.2) is 42.2 Å². The van der Waals surface area contributed by atoms with Crippen molar-refractivity contribution in [2.24, 2.45) is 7.05 Å². The highest BCUT2D eigenvalue weighted by Gasteiger charge is 2.33. The van der Waals surface area contributed by atoms with Crippen LogP contribution in [0.4, 0.5) is 0 Å². The second-order valence-electron chi connectivity index (χ2n) is 7.39. The molecule has 0 aliphatic carbocycles. The van der Waals surface area contributed by atoms with Crippen LogP contribution >= 0.6 is 0 Å². The maximum atomic E-state index is 13.0. The quantitative estimate of drug-likeness (QED) is 0.637. The van der Waals surface area contributed by atoms with Gasteiger partial charge in [-0.15, -0.1) is 0 Å². The lowest BCUT2D eigenvalue weighted by atomic mass is 10.0. The summed E-state index contributed by atoms with van der Waals surface area (Å²) in [4.78, 5) is 15.1. The third-order valence-corrected chi connectivity index (χ3v) is 5.51. The van der Waals surface area contributed by atoms with Crippen molar-refractivity contribution in [2.75, 3.05) is 27.0 Å². The van der Waals surface area contributed by atoms with Gasteiger partial charge in [-0.05, 0) is 24.3 Å². The van der Waals surface area contributed by atoms with Gasteiger partial charge in [0.25, 0.3) is 0 Å². The van der Waals surface area contributed by atoms with Gasteiger partial charge in [-0.2, -0.15) is 0 Å². The van der Waals surface area contributed by atoms with Crippen molar-refractivity contribution in [3.63, 3.8) is 0 Å². The minimum Gasteiger partial charge on any atom is -0.478 e. The molecule has 0 unspecified atom stereocenters. The van der Waals surface area contributed by atoms with Crippen molar-refractivity contribution in [2.45, 2.75) is 6.54 Å². The molecule has 0 saturated heterocycles. The van der Waals surface area contributed by atoms with Crippen LogP contribution in [0.5, 0.6) is 11.5 Å². The summed E-state index contributed by atoms with van der Waals surface area (Å²) in [5.74, 6) is 1.64. The van der Waals surface area contributed by atoms with Crippen molar-refractivity contribution in [3.8, 4) is 11.5 Å². The summed E-state index contributed by atoms with van der Waals surface area (Å²) in [7, 11) is 3.68. The normalized spacial score (nSPS) is 17.3. The number of ether oxygens (including phenoxy) is 3. The lowest BCUT2D eigenvalue weighted by Crippen LogP contribution is -2.34. The van der Waals surface area contributed by atoms with E-state index in [-0.39, 0.29) is 5.78 Å². The molecule has 1 aromatic heterocycles. The number of carbonyl (C=O) groups excluding carboxylic acids is 1. The van der Waals surface area contributed by atoms with Gasteiger partial charge in [-0.3, -0.25) is 9.69 Å². The Hall–Kier alpha value is -3.09. The Morgan fingerprint density at radius 2 is 2.07 bits per heavy atom. The van der Waals surface area contributed by atoms with Gasteiger partial charge in [0, 0.05) is 49.9 Å². The third-order valence-electron chi connectivity index (χ3n) is 5.51. The molecular formula is C23H22N2O4. The van der Waals surface area contributed by atoms with Crippen LogP contribution in [-0.2, 0) is 18.3 Å². The number of fused-ring (bicyclic) bond motifs is 4. The molecule has 0 bridgehead atoms. The van der Waals surface area contributed by atoms with Gasteiger partial charge in [-0.25, -0.2) is 0 Å². The Morgan fingerprint density at radius 3 is 2.93 bits per heavy atom. The maximum Gasteiger partial charge on any atom is 0.231 e. The fourth-order valence-electron chi connectivity index (χ4n) is 4.00. The first-order chi connectivity index (χ1) is 14.2. The number of ketones is 1. The minimum atomic E-state index is -0.0928. The molecule has 0 spiro atoms. The summed E-state index contributed by atoms with van der Waals surface area (Å²) in [5, 5.41) is 1.09. The summed E-state index contributed by atoms with van der Waals surface area (Å²) < 4.78 is 19.2. The van der Waals surface area contributed by atoms with Gasteiger partial charge in [0.15, 0.2) is 5.76 Å². The van der Waals surface area contributed by atoms with E-state index in [0.29, 0.717) is 37.0 Å². The lowest BCUT2D eigenvalue weighted by Gasteiger charge is -2.29. The molecule has 0 N–H and O–H groups in total. The fourth-order valence-corrected chi connectivity index (χ4v) is 4.00. The number of aryl methyl sites for hydroxylation is 1. The van der Waals surface area contributed by atoms with Crippen molar-refractivity contribution >= 4 is 22.8 Å². The zero-order valence-corrected chi connectivity index (χ0v) is 16.5. The van der Waals surface area contributed by atoms with E-state index in [2.05, 4.69) is 21.6 Å². The fraction of sp³-hybridized carbons (Fsp3) is 0.261. The number of Topliss-reactive ketones (excluding diaryl/α,β-unsaturated/α-hetero) is 1. The molecule has 0 saturated carbocycles. The van der Waals surface area contributed by atoms with Crippen molar-refractivity contribution < 1.29 is 19.0 Å². The molecule has 0 radical (unpaired) electrons. The van der Waals surface area contributed by atoms with E-state index in [4.69, 9.17) is 14.2 Å². The SMILES string of the molecule is COCCN1COc2ccc3c(c2C1)O/C(=C\c1cn(C)c2ccccc12)C3=O. The topological polar surface area (TPSA) is 52.9 Å². The summed E-state index contributed by atoms with van der Waals surface area (Å²) in [6.45, 7) is 2.55. The smallest absolute Gasteiger partial charge is 0.231 e. The van der Waals surface area contributed by atoms with Crippen LogP contribution < -0.4 is 9.47 Å². The standard InChI is InChI=1S/C23H22N2O4/c1-24-12-15(16-5-3-4-6-19(16)24)11-21-22(26)17-7-8-20-18(23(17)29-21)13-25(14-28-20)9-10-27-2/h3-8,11-12H,9-10,13-14H2,1-2H3/b21-11-. The number of rotatable bonds is 4. The summed E-state index contributed by atoms with van der Waals surface area (Å²) in [5.41, 5.74) is 3.58. The molecule has 0 fully saturated rings. The molecule has 29 heavy (non-hydrogen) atoms. The number of para-hydroxylation sites is 1. The number of hydrogen-bond donors (Lipinski definition) is 0. The van der Waals surface area contributed by atoms with Crippen molar-refractivity contribution in [1.29, 1.82) is 0 Å².